The summed E-state index contributed by atoms with van der Waals surface area (Å²) in [7, 11) is 4.65. The van der Waals surface area contributed by atoms with E-state index in [0.717, 1.165) is 5.56 Å². The second kappa shape index (κ2) is 6.19. The Morgan fingerprint density at radius 2 is 1.56 bits per heavy atom. The topological polar surface area (TPSA) is 57.2 Å². The van der Waals surface area contributed by atoms with Gasteiger partial charge in [0.1, 0.15) is 6.79 Å². The van der Waals surface area contributed by atoms with Crippen LogP contribution < -0.4 is 14.2 Å². The van der Waals surface area contributed by atoms with E-state index in [0.29, 0.717) is 17.2 Å². The molecule has 1 aromatic carbocycles. The van der Waals surface area contributed by atoms with Crippen molar-refractivity contribution in [2.45, 2.75) is 6.61 Å². The van der Waals surface area contributed by atoms with Crippen LogP contribution in [0.4, 0.5) is 0 Å². The van der Waals surface area contributed by atoms with E-state index in [-0.39, 0.29) is 13.4 Å². The standard InChI is InChI=1S/C11H16O5/c1-13-9-4-8(6-16-7-12)5-10(14-2)11(9)15-3/h4-5,12H,6-7H2,1-3H3. The summed E-state index contributed by atoms with van der Waals surface area (Å²) in [6, 6.07) is 3.55. The molecule has 0 aromatic heterocycles. The molecule has 0 amide bonds. The molecule has 1 aromatic rings. The first-order valence-corrected chi connectivity index (χ1v) is 4.74. The van der Waals surface area contributed by atoms with Crippen LogP contribution >= 0.6 is 0 Å². The highest BCUT2D eigenvalue weighted by atomic mass is 16.6. The summed E-state index contributed by atoms with van der Waals surface area (Å²) in [6.45, 7) is -0.0378. The molecule has 0 aliphatic heterocycles. The lowest BCUT2D eigenvalue weighted by atomic mass is 10.2. The molecular formula is C11H16O5. The summed E-state index contributed by atoms with van der Waals surface area (Å²) >= 11 is 0. The molecule has 0 heterocycles. The fourth-order valence-corrected chi connectivity index (χ4v) is 1.38. The lowest BCUT2D eigenvalue weighted by Gasteiger charge is -2.13. The average Bonchev–Trinajstić information content (AvgIpc) is 2.34. The van der Waals surface area contributed by atoms with Crippen molar-refractivity contribution in [3.05, 3.63) is 17.7 Å². The van der Waals surface area contributed by atoms with Gasteiger partial charge in [-0.15, -0.1) is 0 Å². The van der Waals surface area contributed by atoms with Crippen molar-refractivity contribution in [3.8, 4) is 17.2 Å². The molecule has 0 aliphatic rings. The van der Waals surface area contributed by atoms with Gasteiger partial charge in [0.25, 0.3) is 0 Å². The van der Waals surface area contributed by atoms with Crippen LogP contribution in [0.3, 0.4) is 0 Å². The Balaban J connectivity index is 3.05. The van der Waals surface area contributed by atoms with Crippen molar-refractivity contribution in [2.24, 2.45) is 0 Å². The molecule has 1 rings (SSSR count). The van der Waals surface area contributed by atoms with Crippen LogP contribution in [0.15, 0.2) is 12.1 Å². The van der Waals surface area contributed by atoms with E-state index in [4.69, 9.17) is 24.1 Å². The summed E-state index contributed by atoms with van der Waals surface area (Å²) < 4.78 is 20.4. The van der Waals surface area contributed by atoms with Crippen molar-refractivity contribution in [3.63, 3.8) is 0 Å². The molecule has 0 saturated carbocycles. The number of benzene rings is 1. The molecule has 0 aliphatic carbocycles. The highest BCUT2D eigenvalue weighted by Gasteiger charge is 2.12. The lowest BCUT2D eigenvalue weighted by molar-refractivity contribution is -0.0113. The minimum absolute atomic E-state index is 0.285. The summed E-state index contributed by atoms with van der Waals surface area (Å²) in [5.74, 6) is 1.68. The Morgan fingerprint density at radius 3 is 1.94 bits per heavy atom. The largest absolute Gasteiger partial charge is 0.493 e. The normalized spacial score (nSPS) is 10.0. The molecule has 1 N–H and O–H groups in total. The van der Waals surface area contributed by atoms with E-state index in [1.807, 2.05) is 0 Å². The van der Waals surface area contributed by atoms with E-state index in [1.54, 1.807) is 33.5 Å². The van der Waals surface area contributed by atoms with E-state index < -0.39 is 0 Å². The molecule has 0 radical (unpaired) electrons. The summed E-state index contributed by atoms with van der Waals surface area (Å²) in [4.78, 5) is 0. The first-order chi connectivity index (χ1) is 7.76. The number of hydrogen-bond acceptors (Lipinski definition) is 5. The van der Waals surface area contributed by atoms with Crippen LogP contribution in [-0.2, 0) is 11.3 Å². The molecule has 0 spiro atoms. The van der Waals surface area contributed by atoms with Crippen molar-refractivity contribution in [1.29, 1.82) is 0 Å². The predicted molar refractivity (Wildman–Crippen MR) is 58.0 cm³/mol. The van der Waals surface area contributed by atoms with Crippen molar-refractivity contribution < 1.29 is 24.1 Å². The number of aliphatic hydroxyl groups is 1. The van der Waals surface area contributed by atoms with Gasteiger partial charge in [-0.05, 0) is 17.7 Å². The Kier molecular flexibility index (Phi) is 4.88. The lowest BCUT2D eigenvalue weighted by Crippen LogP contribution is -1.99. The van der Waals surface area contributed by atoms with Crippen molar-refractivity contribution in [1.82, 2.24) is 0 Å². The molecular weight excluding hydrogens is 212 g/mol. The van der Waals surface area contributed by atoms with Crippen molar-refractivity contribution >= 4 is 0 Å². The fraction of sp³-hybridized carbons (Fsp3) is 0.455. The van der Waals surface area contributed by atoms with E-state index >= 15 is 0 Å². The summed E-state index contributed by atoms with van der Waals surface area (Å²) in [5, 5.41) is 8.57. The van der Waals surface area contributed by atoms with Gasteiger partial charge < -0.3 is 24.1 Å². The number of rotatable bonds is 6. The van der Waals surface area contributed by atoms with Crippen LogP contribution in [0.25, 0.3) is 0 Å². The van der Waals surface area contributed by atoms with E-state index in [9.17, 15) is 0 Å². The van der Waals surface area contributed by atoms with Gasteiger partial charge in [-0.25, -0.2) is 0 Å². The molecule has 0 saturated heterocycles. The second-order valence-electron chi connectivity index (χ2n) is 3.01. The molecule has 90 valence electrons. The Morgan fingerprint density at radius 1 is 1.00 bits per heavy atom. The highest BCUT2D eigenvalue weighted by Crippen LogP contribution is 2.38. The zero-order valence-corrected chi connectivity index (χ0v) is 9.65. The number of ether oxygens (including phenoxy) is 4. The van der Waals surface area contributed by atoms with Gasteiger partial charge in [0, 0.05) is 0 Å². The second-order valence-corrected chi connectivity index (χ2v) is 3.01. The molecule has 16 heavy (non-hydrogen) atoms. The van der Waals surface area contributed by atoms with Crippen LogP contribution in [0.1, 0.15) is 5.56 Å². The van der Waals surface area contributed by atoms with Gasteiger partial charge in [-0.1, -0.05) is 0 Å². The minimum atomic E-state index is -0.323. The highest BCUT2D eigenvalue weighted by molar-refractivity contribution is 5.53. The molecule has 5 heteroatoms. The summed E-state index contributed by atoms with van der Waals surface area (Å²) in [6.07, 6.45) is 0. The minimum Gasteiger partial charge on any atom is -0.493 e. The zero-order chi connectivity index (χ0) is 12.0. The van der Waals surface area contributed by atoms with E-state index in [2.05, 4.69) is 0 Å². The number of hydrogen-bond donors (Lipinski definition) is 1. The third kappa shape index (κ3) is 2.77. The van der Waals surface area contributed by atoms with Gasteiger partial charge in [0.2, 0.25) is 5.75 Å². The van der Waals surface area contributed by atoms with Crippen molar-refractivity contribution in [2.75, 3.05) is 28.1 Å². The Bertz CT molecular complexity index is 312. The molecule has 0 fully saturated rings. The quantitative estimate of drug-likeness (QED) is 0.741. The number of methoxy groups -OCH3 is 3. The first-order valence-electron chi connectivity index (χ1n) is 4.74. The maximum atomic E-state index is 8.57. The Hall–Kier alpha value is -1.46. The fourth-order valence-electron chi connectivity index (χ4n) is 1.38. The summed E-state index contributed by atoms with van der Waals surface area (Å²) in [5.41, 5.74) is 0.837. The maximum absolute atomic E-state index is 8.57. The maximum Gasteiger partial charge on any atom is 0.203 e. The number of aliphatic hydroxyl groups excluding tert-OH is 1. The molecule has 0 bridgehead atoms. The predicted octanol–water partition coefficient (Wildman–Crippen LogP) is 1.18. The van der Waals surface area contributed by atoms with Gasteiger partial charge in [-0.3, -0.25) is 0 Å². The van der Waals surface area contributed by atoms with Crippen LogP contribution in [0.2, 0.25) is 0 Å². The monoisotopic (exact) mass is 228 g/mol. The Labute approximate surface area is 94.5 Å². The van der Waals surface area contributed by atoms with Crippen LogP contribution in [-0.4, -0.2) is 33.2 Å². The molecule has 0 atom stereocenters. The van der Waals surface area contributed by atoms with Crippen LogP contribution in [0.5, 0.6) is 17.2 Å². The SMILES string of the molecule is COc1cc(COCO)cc(OC)c1OC. The third-order valence-corrected chi connectivity index (χ3v) is 2.08. The van der Waals surface area contributed by atoms with Gasteiger partial charge in [0.05, 0.1) is 27.9 Å². The average molecular weight is 228 g/mol. The van der Waals surface area contributed by atoms with Gasteiger partial charge >= 0.3 is 0 Å². The van der Waals surface area contributed by atoms with E-state index in [1.165, 1.54) is 0 Å². The molecule has 5 nitrogen and oxygen atoms in total. The zero-order valence-electron chi connectivity index (χ0n) is 9.65. The van der Waals surface area contributed by atoms with Gasteiger partial charge in [-0.2, -0.15) is 0 Å². The smallest absolute Gasteiger partial charge is 0.203 e. The van der Waals surface area contributed by atoms with Crippen LogP contribution in [0, 0.1) is 0 Å². The first kappa shape index (κ1) is 12.6. The third-order valence-electron chi connectivity index (χ3n) is 2.08. The van der Waals surface area contributed by atoms with Gasteiger partial charge in [0.15, 0.2) is 11.5 Å². The molecule has 0 unspecified atom stereocenters.